The van der Waals surface area contributed by atoms with Crippen molar-refractivity contribution in [3.05, 3.63) is 29.3 Å². The summed E-state index contributed by atoms with van der Waals surface area (Å²) in [5, 5.41) is 3.53. The van der Waals surface area contributed by atoms with Crippen molar-refractivity contribution < 1.29 is 0 Å². The van der Waals surface area contributed by atoms with E-state index < -0.39 is 0 Å². The van der Waals surface area contributed by atoms with Crippen LogP contribution in [0.15, 0.2) is 18.2 Å². The molecule has 1 heterocycles. The number of para-hydroxylation sites is 1. The van der Waals surface area contributed by atoms with Crippen molar-refractivity contribution in [2.75, 3.05) is 30.9 Å². The van der Waals surface area contributed by atoms with Crippen LogP contribution in [0.1, 0.15) is 24.5 Å². The van der Waals surface area contributed by atoms with E-state index in [0.29, 0.717) is 6.04 Å². The van der Waals surface area contributed by atoms with E-state index in [1.54, 1.807) is 0 Å². The molecule has 1 aromatic carbocycles. The molecule has 0 saturated carbocycles. The Balaban J connectivity index is 2.07. The third kappa shape index (κ3) is 3.01. The van der Waals surface area contributed by atoms with E-state index in [1.165, 1.54) is 35.4 Å². The van der Waals surface area contributed by atoms with Gasteiger partial charge in [0.05, 0.1) is 0 Å². The molecule has 1 aliphatic rings. The summed E-state index contributed by atoms with van der Waals surface area (Å²) in [6, 6.07) is 7.39. The lowest BCUT2D eigenvalue weighted by Crippen LogP contribution is -2.32. The molecule has 2 nitrogen and oxygen atoms in total. The number of fused-ring (bicyclic) bond motifs is 1. The number of anilines is 1. The summed E-state index contributed by atoms with van der Waals surface area (Å²) in [7, 11) is 2.25. The number of hydrogen-bond acceptors (Lipinski definition) is 3. The van der Waals surface area contributed by atoms with E-state index in [-0.39, 0.29) is 0 Å². The molecule has 0 radical (unpaired) electrons. The standard InChI is InChI=1S/C15H24N2S/c1-4-14(11-18-3)17(2)10-13-7-5-6-12-8-9-16-15(12)13/h5-7,14,16H,4,8-11H2,1-3H3. The highest BCUT2D eigenvalue weighted by molar-refractivity contribution is 7.98. The van der Waals surface area contributed by atoms with Crippen LogP contribution in [-0.4, -0.2) is 36.5 Å². The third-order valence-electron chi connectivity index (χ3n) is 3.81. The molecule has 1 N–H and O–H groups in total. The molecular weight excluding hydrogens is 240 g/mol. The SMILES string of the molecule is CCC(CSC)N(C)Cc1cccc2c1NCC2. The van der Waals surface area contributed by atoms with Crippen LogP contribution >= 0.6 is 11.8 Å². The van der Waals surface area contributed by atoms with Crippen molar-refractivity contribution in [1.82, 2.24) is 4.90 Å². The molecule has 1 atom stereocenters. The van der Waals surface area contributed by atoms with Crippen molar-refractivity contribution in [2.24, 2.45) is 0 Å². The maximum Gasteiger partial charge on any atom is 0.0419 e. The van der Waals surface area contributed by atoms with Crippen molar-refractivity contribution in [3.8, 4) is 0 Å². The minimum Gasteiger partial charge on any atom is -0.384 e. The second kappa shape index (κ2) is 6.48. The normalized spacial score (nSPS) is 15.6. The average Bonchev–Trinajstić information content (AvgIpc) is 2.85. The summed E-state index contributed by atoms with van der Waals surface area (Å²) in [4.78, 5) is 2.49. The Morgan fingerprint density at radius 1 is 1.44 bits per heavy atom. The Morgan fingerprint density at radius 3 is 3.00 bits per heavy atom. The molecule has 0 fully saturated rings. The van der Waals surface area contributed by atoms with E-state index in [1.807, 2.05) is 11.8 Å². The Morgan fingerprint density at radius 2 is 2.28 bits per heavy atom. The van der Waals surface area contributed by atoms with Gasteiger partial charge < -0.3 is 5.32 Å². The highest BCUT2D eigenvalue weighted by Gasteiger charge is 2.17. The minimum atomic E-state index is 0.678. The van der Waals surface area contributed by atoms with Gasteiger partial charge in [0.25, 0.3) is 0 Å². The Hall–Kier alpha value is -0.670. The quantitative estimate of drug-likeness (QED) is 0.849. The Kier molecular flexibility index (Phi) is 4.95. The zero-order chi connectivity index (χ0) is 13.0. The van der Waals surface area contributed by atoms with Gasteiger partial charge in [0.1, 0.15) is 0 Å². The molecule has 0 bridgehead atoms. The molecule has 3 heteroatoms. The predicted octanol–water partition coefficient (Wildman–Crippen LogP) is 3.23. The monoisotopic (exact) mass is 264 g/mol. The zero-order valence-corrected chi connectivity index (χ0v) is 12.5. The van der Waals surface area contributed by atoms with E-state index in [9.17, 15) is 0 Å². The van der Waals surface area contributed by atoms with Crippen LogP contribution in [0.3, 0.4) is 0 Å². The van der Waals surface area contributed by atoms with Crippen LogP contribution in [-0.2, 0) is 13.0 Å². The number of thioether (sulfide) groups is 1. The van der Waals surface area contributed by atoms with Gasteiger partial charge in [-0.1, -0.05) is 25.1 Å². The van der Waals surface area contributed by atoms with E-state index in [2.05, 4.69) is 48.6 Å². The lowest BCUT2D eigenvalue weighted by Gasteiger charge is -2.27. The molecule has 100 valence electrons. The van der Waals surface area contributed by atoms with Crippen LogP contribution in [0.4, 0.5) is 5.69 Å². The first kappa shape index (κ1) is 13.8. The molecule has 1 unspecified atom stereocenters. The zero-order valence-electron chi connectivity index (χ0n) is 11.7. The molecule has 1 aliphatic heterocycles. The Labute approximate surface area is 115 Å². The molecule has 0 amide bonds. The van der Waals surface area contributed by atoms with Crippen molar-refractivity contribution in [3.63, 3.8) is 0 Å². The van der Waals surface area contributed by atoms with E-state index >= 15 is 0 Å². The summed E-state index contributed by atoms with van der Waals surface area (Å²) < 4.78 is 0. The first-order chi connectivity index (χ1) is 8.76. The van der Waals surface area contributed by atoms with Crippen LogP contribution in [0.25, 0.3) is 0 Å². The molecule has 0 spiro atoms. The highest BCUT2D eigenvalue weighted by Crippen LogP contribution is 2.27. The van der Waals surface area contributed by atoms with Gasteiger partial charge in [0, 0.05) is 30.6 Å². The van der Waals surface area contributed by atoms with Crippen LogP contribution in [0, 0.1) is 0 Å². The van der Waals surface area contributed by atoms with Gasteiger partial charge in [-0.3, -0.25) is 4.90 Å². The molecule has 1 aromatic rings. The minimum absolute atomic E-state index is 0.678. The first-order valence-corrected chi connectivity index (χ1v) is 8.19. The lowest BCUT2D eigenvalue weighted by atomic mass is 10.1. The second-order valence-electron chi connectivity index (χ2n) is 5.06. The lowest BCUT2D eigenvalue weighted by molar-refractivity contribution is 0.248. The topological polar surface area (TPSA) is 15.3 Å². The van der Waals surface area contributed by atoms with Crippen LogP contribution < -0.4 is 5.32 Å². The smallest absolute Gasteiger partial charge is 0.0419 e. The highest BCUT2D eigenvalue weighted by atomic mass is 32.2. The summed E-state index contributed by atoms with van der Waals surface area (Å²) in [5.41, 5.74) is 4.33. The van der Waals surface area contributed by atoms with Crippen LogP contribution in [0.2, 0.25) is 0 Å². The summed E-state index contributed by atoms with van der Waals surface area (Å²) in [6.45, 7) is 4.43. The van der Waals surface area contributed by atoms with Gasteiger partial charge >= 0.3 is 0 Å². The number of rotatable bonds is 6. The van der Waals surface area contributed by atoms with Crippen LogP contribution in [0.5, 0.6) is 0 Å². The molecule has 0 aliphatic carbocycles. The van der Waals surface area contributed by atoms with Gasteiger partial charge in [-0.25, -0.2) is 0 Å². The first-order valence-electron chi connectivity index (χ1n) is 6.80. The summed E-state index contributed by atoms with van der Waals surface area (Å²) in [6.07, 6.45) is 4.59. The van der Waals surface area contributed by atoms with Gasteiger partial charge in [0.2, 0.25) is 0 Å². The largest absolute Gasteiger partial charge is 0.384 e. The molecular formula is C15H24N2S. The van der Waals surface area contributed by atoms with Crippen molar-refractivity contribution >= 4 is 17.4 Å². The third-order valence-corrected chi connectivity index (χ3v) is 4.52. The fraction of sp³-hybridized carbons (Fsp3) is 0.600. The maximum atomic E-state index is 3.53. The summed E-state index contributed by atoms with van der Waals surface area (Å²) >= 11 is 1.94. The average molecular weight is 264 g/mol. The fourth-order valence-electron chi connectivity index (χ4n) is 2.69. The molecule has 2 rings (SSSR count). The predicted molar refractivity (Wildman–Crippen MR) is 82.6 cm³/mol. The van der Waals surface area contributed by atoms with Crippen molar-refractivity contribution in [2.45, 2.75) is 32.4 Å². The van der Waals surface area contributed by atoms with Crippen molar-refractivity contribution in [1.29, 1.82) is 0 Å². The van der Waals surface area contributed by atoms with Gasteiger partial charge in [-0.15, -0.1) is 0 Å². The second-order valence-corrected chi connectivity index (χ2v) is 5.97. The maximum absolute atomic E-state index is 3.53. The van der Waals surface area contributed by atoms with E-state index in [0.717, 1.165) is 13.1 Å². The molecule has 18 heavy (non-hydrogen) atoms. The fourth-order valence-corrected chi connectivity index (χ4v) is 3.56. The number of nitrogens with one attached hydrogen (secondary N) is 1. The van der Waals surface area contributed by atoms with E-state index in [4.69, 9.17) is 0 Å². The van der Waals surface area contributed by atoms with Gasteiger partial charge in [-0.2, -0.15) is 11.8 Å². The Bertz CT molecular complexity index is 392. The number of nitrogens with zero attached hydrogens (tertiary/aromatic N) is 1. The number of benzene rings is 1. The van der Waals surface area contributed by atoms with Gasteiger partial charge in [-0.05, 0) is 37.3 Å². The molecule has 0 aromatic heterocycles. The summed E-state index contributed by atoms with van der Waals surface area (Å²) in [5.74, 6) is 1.22. The van der Waals surface area contributed by atoms with Gasteiger partial charge in [0.15, 0.2) is 0 Å². The number of hydrogen-bond donors (Lipinski definition) is 1. The molecule has 0 saturated heterocycles.